The Kier molecular flexibility index (Phi) is 3.16. The van der Waals surface area contributed by atoms with Crippen molar-refractivity contribution in [3.05, 3.63) is 29.7 Å². The van der Waals surface area contributed by atoms with Crippen molar-refractivity contribution >= 4 is 11.6 Å². The van der Waals surface area contributed by atoms with E-state index < -0.39 is 5.97 Å². The second kappa shape index (κ2) is 4.97. The van der Waals surface area contributed by atoms with E-state index in [2.05, 4.69) is 10.2 Å². The van der Waals surface area contributed by atoms with Crippen LogP contribution in [0.1, 0.15) is 41.5 Å². The fourth-order valence-corrected chi connectivity index (χ4v) is 2.37. The summed E-state index contributed by atoms with van der Waals surface area (Å²) < 4.78 is 12.3. The molecule has 1 aliphatic heterocycles. The lowest BCUT2D eigenvalue weighted by Crippen LogP contribution is -2.14. The largest absolute Gasteiger partial charge is 0.465 e. The van der Waals surface area contributed by atoms with Crippen LogP contribution in [0, 0.1) is 0 Å². The Morgan fingerprint density at radius 1 is 1.47 bits per heavy atom. The van der Waals surface area contributed by atoms with Crippen LogP contribution in [0.3, 0.4) is 0 Å². The van der Waals surface area contributed by atoms with Gasteiger partial charge in [-0.05, 0) is 31.4 Å². The van der Waals surface area contributed by atoms with Crippen molar-refractivity contribution in [2.45, 2.75) is 25.4 Å². The molecular formula is C13H15N3O3. The predicted molar refractivity (Wildman–Crippen MR) is 66.9 cm³/mol. The van der Waals surface area contributed by atoms with E-state index in [4.69, 9.17) is 9.47 Å². The summed E-state index contributed by atoms with van der Waals surface area (Å²) in [5.74, 6) is 0.342. The SMILES string of the molecule is COC(=O)c1cccn2c(C3CCCCO3)nnc12. The average Bonchev–Trinajstić information content (AvgIpc) is 2.91. The lowest BCUT2D eigenvalue weighted by atomic mass is 10.1. The minimum Gasteiger partial charge on any atom is -0.465 e. The average molecular weight is 261 g/mol. The van der Waals surface area contributed by atoms with Crippen LogP contribution >= 0.6 is 0 Å². The number of rotatable bonds is 2. The molecule has 0 bridgehead atoms. The molecule has 1 unspecified atom stereocenters. The molecule has 6 heteroatoms. The summed E-state index contributed by atoms with van der Waals surface area (Å²) in [6.45, 7) is 0.746. The van der Waals surface area contributed by atoms with Crippen LogP contribution < -0.4 is 0 Å². The highest BCUT2D eigenvalue weighted by molar-refractivity contribution is 5.95. The highest BCUT2D eigenvalue weighted by atomic mass is 16.5. The van der Waals surface area contributed by atoms with Gasteiger partial charge in [-0.3, -0.25) is 4.40 Å². The van der Waals surface area contributed by atoms with Crippen molar-refractivity contribution < 1.29 is 14.3 Å². The number of fused-ring (bicyclic) bond motifs is 1. The standard InChI is InChI=1S/C13H15N3O3/c1-18-13(17)9-5-4-7-16-11(9)14-15-12(16)10-6-2-3-8-19-10/h4-5,7,10H,2-3,6,8H2,1H3. The zero-order chi connectivity index (χ0) is 13.2. The van der Waals surface area contributed by atoms with E-state index in [0.717, 1.165) is 31.7 Å². The number of hydrogen-bond donors (Lipinski definition) is 0. The molecule has 0 aromatic carbocycles. The van der Waals surface area contributed by atoms with Crippen LogP contribution in [-0.2, 0) is 9.47 Å². The molecule has 2 aromatic heterocycles. The highest BCUT2D eigenvalue weighted by Crippen LogP contribution is 2.27. The van der Waals surface area contributed by atoms with Gasteiger partial charge in [0, 0.05) is 12.8 Å². The van der Waals surface area contributed by atoms with E-state index in [0.29, 0.717) is 11.2 Å². The van der Waals surface area contributed by atoms with Crippen LogP contribution in [0.25, 0.3) is 5.65 Å². The summed E-state index contributed by atoms with van der Waals surface area (Å²) in [5.41, 5.74) is 0.929. The van der Waals surface area contributed by atoms with Crippen molar-refractivity contribution in [1.82, 2.24) is 14.6 Å². The second-order valence-corrected chi connectivity index (χ2v) is 4.52. The predicted octanol–water partition coefficient (Wildman–Crippen LogP) is 1.76. The zero-order valence-electron chi connectivity index (χ0n) is 10.7. The lowest BCUT2D eigenvalue weighted by molar-refractivity contribution is 0.00884. The highest BCUT2D eigenvalue weighted by Gasteiger charge is 2.23. The Morgan fingerprint density at radius 2 is 2.37 bits per heavy atom. The summed E-state index contributed by atoms with van der Waals surface area (Å²) in [4.78, 5) is 11.7. The number of carbonyl (C=O) groups is 1. The number of hydrogen-bond acceptors (Lipinski definition) is 5. The number of nitrogens with zero attached hydrogens (tertiary/aromatic N) is 3. The maximum Gasteiger partial charge on any atom is 0.341 e. The lowest BCUT2D eigenvalue weighted by Gasteiger charge is -2.20. The van der Waals surface area contributed by atoms with Crippen molar-refractivity contribution in [3.8, 4) is 0 Å². The number of carbonyl (C=O) groups excluding carboxylic acids is 1. The van der Waals surface area contributed by atoms with E-state index >= 15 is 0 Å². The quantitative estimate of drug-likeness (QED) is 0.771. The van der Waals surface area contributed by atoms with Gasteiger partial charge in [-0.1, -0.05) is 0 Å². The molecule has 1 saturated heterocycles. The Hall–Kier alpha value is -1.95. The third-order valence-corrected chi connectivity index (χ3v) is 3.33. The normalized spacial score (nSPS) is 19.5. The first kappa shape index (κ1) is 12.1. The maximum absolute atomic E-state index is 11.7. The van der Waals surface area contributed by atoms with Gasteiger partial charge < -0.3 is 9.47 Å². The monoisotopic (exact) mass is 261 g/mol. The molecule has 0 amide bonds. The number of aromatic nitrogens is 3. The Balaban J connectivity index is 2.05. The van der Waals surface area contributed by atoms with E-state index in [1.165, 1.54) is 7.11 Å². The van der Waals surface area contributed by atoms with E-state index in [1.807, 2.05) is 10.6 Å². The molecule has 0 aliphatic carbocycles. The molecule has 0 spiro atoms. The Morgan fingerprint density at radius 3 is 3.11 bits per heavy atom. The van der Waals surface area contributed by atoms with Crippen molar-refractivity contribution in [2.24, 2.45) is 0 Å². The summed E-state index contributed by atoms with van der Waals surface area (Å²) in [5, 5.41) is 8.27. The Bertz CT molecular complexity index is 602. The molecule has 2 aromatic rings. The van der Waals surface area contributed by atoms with Gasteiger partial charge in [-0.25, -0.2) is 4.79 Å². The fourth-order valence-electron chi connectivity index (χ4n) is 2.37. The van der Waals surface area contributed by atoms with E-state index in [-0.39, 0.29) is 6.10 Å². The molecule has 0 radical (unpaired) electrons. The molecule has 1 atom stereocenters. The topological polar surface area (TPSA) is 65.7 Å². The molecule has 3 rings (SSSR count). The van der Waals surface area contributed by atoms with Crippen molar-refractivity contribution in [3.63, 3.8) is 0 Å². The zero-order valence-corrected chi connectivity index (χ0v) is 10.7. The van der Waals surface area contributed by atoms with Gasteiger partial charge >= 0.3 is 5.97 Å². The summed E-state index contributed by atoms with van der Waals surface area (Å²) in [7, 11) is 1.35. The summed E-state index contributed by atoms with van der Waals surface area (Å²) in [6, 6.07) is 3.47. The van der Waals surface area contributed by atoms with Crippen LogP contribution in [-0.4, -0.2) is 34.3 Å². The molecule has 0 saturated carbocycles. The number of pyridine rings is 1. The van der Waals surface area contributed by atoms with Crippen molar-refractivity contribution in [2.75, 3.05) is 13.7 Å². The van der Waals surface area contributed by atoms with E-state index in [1.54, 1.807) is 12.1 Å². The number of esters is 1. The summed E-state index contributed by atoms with van der Waals surface area (Å²) in [6.07, 6.45) is 4.94. The maximum atomic E-state index is 11.7. The van der Waals surface area contributed by atoms with Crippen LogP contribution in [0.5, 0.6) is 0 Å². The third-order valence-electron chi connectivity index (χ3n) is 3.33. The molecule has 1 fully saturated rings. The van der Waals surface area contributed by atoms with Gasteiger partial charge in [-0.15, -0.1) is 10.2 Å². The molecule has 100 valence electrons. The minimum atomic E-state index is -0.408. The minimum absolute atomic E-state index is 0.0448. The third kappa shape index (κ3) is 2.08. The fraction of sp³-hybridized carbons (Fsp3) is 0.462. The van der Waals surface area contributed by atoms with Gasteiger partial charge in [0.15, 0.2) is 11.5 Å². The first-order valence-electron chi connectivity index (χ1n) is 6.35. The van der Waals surface area contributed by atoms with Crippen LogP contribution in [0.2, 0.25) is 0 Å². The van der Waals surface area contributed by atoms with Gasteiger partial charge in [-0.2, -0.15) is 0 Å². The molecule has 6 nitrogen and oxygen atoms in total. The molecule has 19 heavy (non-hydrogen) atoms. The summed E-state index contributed by atoms with van der Waals surface area (Å²) >= 11 is 0. The Labute approximate surface area is 110 Å². The first-order chi connectivity index (χ1) is 9.31. The number of methoxy groups -OCH3 is 1. The molecule has 3 heterocycles. The van der Waals surface area contributed by atoms with Gasteiger partial charge in [0.1, 0.15) is 11.7 Å². The van der Waals surface area contributed by atoms with Gasteiger partial charge in [0.05, 0.1) is 7.11 Å². The van der Waals surface area contributed by atoms with Gasteiger partial charge in [0.2, 0.25) is 0 Å². The van der Waals surface area contributed by atoms with Crippen molar-refractivity contribution in [1.29, 1.82) is 0 Å². The van der Waals surface area contributed by atoms with Gasteiger partial charge in [0.25, 0.3) is 0 Å². The first-order valence-corrected chi connectivity index (χ1v) is 6.35. The molecule has 0 N–H and O–H groups in total. The van der Waals surface area contributed by atoms with Crippen LogP contribution in [0.4, 0.5) is 0 Å². The molecule has 1 aliphatic rings. The number of ether oxygens (including phenoxy) is 2. The smallest absolute Gasteiger partial charge is 0.341 e. The molecular weight excluding hydrogens is 246 g/mol. The second-order valence-electron chi connectivity index (χ2n) is 4.52. The van der Waals surface area contributed by atoms with E-state index in [9.17, 15) is 4.79 Å². The van der Waals surface area contributed by atoms with Crippen LogP contribution in [0.15, 0.2) is 18.3 Å².